The number of nitrogens with one attached hydrogen (secondary N) is 1. The molecule has 41 heavy (non-hydrogen) atoms. The second-order valence-corrected chi connectivity index (χ2v) is 12.8. The lowest BCUT2D eigenvalue weighted by atomic mass is 9.86. The zero-order valence-electron chi connectivity index (χ0n) is 23.4. The maximum Gasteiger partial charge on any atom is 0.274 e. The maximum absolute atomic E-state index is 13.6. The molecular formula is C30H37ClFN5O4. The van der Waals surface area contributed by atoms with E-state index < -0.39 is 17.0 Å². The molecule has 0 bridgehead atoms. The summed E-state index contributed by atoms with van der Waals surface area (Å²) in [6.07, 6.45) is 9.11. The summed E-state index contributed by atoms with van der Waals surface area (Å²) >= 11 is 5.89. The molecule has 2 aromatic heterocycles. The molecule has 3 saturated carbocycles. The van der Waals surface area contributed by atoms with E-state index in [9.17, 15) is 19.4 Å². The van der Waals surface area contributed by atoms with Crippen LogP contribution in [0.2, 0.25) is 5.02 Å². The SMILES string of the molecule is Cn1cnc(C2CC3CC(O)(c4cc(OCC5(O)CCCCC5)nn4C)CC3C2)c1C(=O)Nc1ccc(F)c(Cl)c1. The number of carbonyl (C=O) groups is 1. The number of nitrogens with zero attached hydrogens (tertiary/aromatic N) is 4. The van der Waals surface area contributed by atoms with Crippen LogP contribution in [0.3, 0.4) is 0 Å². The molecule has 9 nitrogen and oxygen atoms in total. The summed E-state index contributed by atoms with van der Waals surface area (Å²) in [6, 6.07) is 5.90. The minimum absolute atomic E-state index is 0.0576. The predicted octanol–water partition coefficient (Wildman–Crippen LogP) is 5.06. The summed E-state index contributed by atoms with van der Waals surface area (Å²) in [7, 11) is 3.60. The maximum atomic E-state index is 13.6. The average molecular weight is 586 g/mol. The molecular weight excluding hydrogens is 549 g/mol. The highest BCUT2D eigenvalue weighted by atomic mass is 35.5. The van der Waals surface area contributed by atoms with Gasteiger partial charge in [-0.15, -0.1) is 5.10 Å². The Morgan fingerprint density at radius 2 is 1.85 bits per heavy atom. The van der Waals surface area contributed by atoms with Gasteiger partial charge in [0.2, 0.25) is 5.88 Å². The molecule has 1 amide bonds. The molecule has 220 valence electrons. The fourth-order valence-corrected chi connectivity index (χ4v) is 7.57. The van der Waals surface area contributed by atoms with Gasteiger partial charge >= 0.3 is 0 Å². The normalized spacial score (nSPS) is 27.1. The van der Waals surface area contributed by atoms with E-state index in [1.165, 1.54) is 18.2 Å². The second-order valence-electron chi connectivity index (χ2n) is 12.4. The summed E-state index contributed by atoms with van der Waals surface area (Å²) in [5, 5.41) is 29.8. The molecule has 0 radical (unpaired) electrons. The van der Waals surface area contributed by atoms with Crippen molar-refractivity contribution in [1.29, 1.82) is 0 Å². The van der Waals surface area contributed by atoms with Crippen molar-refractivity contribution in [2.45, 2.75) is 74.9 Å². The molecule has 2 atom stereocenters. The number of anilines is 1. The molecule has 2 unspecified atom stereocenters. The fourth-order valence-electron chi connectivity index (χ4n) is 7.39. The van der Waals surface area contributed by atoms with E-state index >= 15 is 0 Å². The highest BCUT2D eigenvalue weighted by Crippen LogP contribution is 2.57. The second kappa shape index (κ2) is 10.7. The Balaban J connectivity index is 1.12. The first-order valence-corrected chi connectivity index (χ1v) is 14.8. The van der Waals surface area contributed by atoms with Gasteiger partial charge in [-0.2, -0.15) is 0 Å². The smallest absolute Gasteiger partial charge is 0.274 e. The molecule has 0 spiro atoms. The van der Waals surface area contributed by atoms with Gasteiger partial charge in [-0.05, 0) is 68.6 Å². The molecule has 11 heteroatoms. The Hall–Kier alpha value is -2.95. The third-order valence-electron chi connectivity index (χ3n) is 9.39. The lowest BCUT2D eigenvalue weighted by molar-refractivity contribution is -0.0351. The van der Waals surface area contributed by atoms with Gasteiger partial charge in [-0.1, -0.05) is 30.9 Å². The topological polar surface area (TPSA) is 114 Å². The number of hydrogen-bond acceptors (Lipinski definition) is 6. The first-order chi connectivity index (χ1) is 19.5. The van der Waals surface area contributed by atoms with Crippen LogP contribution in [0.1, 0.15) is 85.6 Å². The van der Waals surface area contributed by atoms with Crippen LogP contribution in [0.4, 0.5) is 10.1 Å². The van der Waals surface area contributed by atoms with Gasteiger partial charge in [0.15, 0.2) is 0 Å². The van der Waals surface area contributed by atoms with E-state index in [2.05, 4.69) is 15.4 Å². The molecule has 6 rings (SSSR count). The van der Waals surface area contributed by atoms with E-state index in [1.807, 2.05) is 13.1 Å². The van der Waals surface area contributed by atoms with E-state index in [-0.39, 0.29) is 35.3 Å². The van der Waals surface area contributed by atoms with Gasteiger partial charge in [0.05, 0.1) is 28.3 Å². The third-order valence-corrected chi connectivity index (χ3v) is 9.68. The van der Waals surface area contributed by atoms with E-state index in [4.69, 9.17) is 16.3 Å². The molecule has 0 saturated heterocycles. The van der Waals surface area contributed by atoms with Gasteiger partial charge in [0, 0.05) is 31.8 Å². The van der Waals surface area contributed by atoms with Crippen LogP contribution in [0, 0.1) is 17.7 Å². The van der Waals surface area contributed by atoms with E-state index in [0.29, 0.717) is 30.1 Å². The number of aliphatic hydroxyl groups is 2. The standard InChI is InChI=1S/C30H37ClFN5O4/c1-36-17-33-26(27(36)28(38)34-21-6-7-23(32)22(31)12-21)18-10-19-14-30(40,15-20(19)11-18)24-13-25(35-37(24)2)41-16-29(39)8-4-3-5-9-29/h6-7,12-13,17-20,39-40H,3-5,8-11,14-16H2,1-2H3,(H,34,38). The number of benzene rings is 1. The zero-order valence-corrected chi connectivity index (χ0v) is 24.2. The van der Waals surface area contributed by atoms with Crippen LogP contribution in [-0.2, 0) is 19.7 Å². The number of amides is 1. The van der Waals surface area contributed by atoms with Crippen molar-refractivity contribution in [3.63, 3.8) is 0 Å². The van der Waals surface area contributed by atoms with Crippen molar-refractivity contribution in [2.75, 3.05) is 11.9 Å². The number of imidazole rings is 1. The zero-order chi connectivity index (χ0) is 28.9. The molecule has 3 aliphatic carbocycles. The first kappa shape index (κ1) is 28.2. The molecule has 2 heterocycles. The summed E-state index contributed by atoms with van der Waals surface area (Å²) in [5.41, 5.74) is 0.530. The quantitative estimate of drug-likeness (QED) is 0.357. The number of carbonyl (C=O) groups excluding carboxylic acids is 1. The van der Waals surface area contributed by atoms with E-state index in [0.717, 1.165) is 56.3 Å². The van der Waals surface area contributed by atoms with Gasteiger partial charge in [-0.3, -0.25) is 9.48 Å². The molecule has 3 aromatic rings. The Kier molecular flexibility index (Phi) is 7.36. The van der Waals surface area contributed by atoms with Gasteiger partial charge < -0.3 is 24.8 Å². The lowest BCUT2D eigenvalue weighted by Crippen LogP contribution is -2.37. The molecule has 3 aliphatic rings. The summed E-state index contributed by atoms with van der Waals surface area (Å²) in [6.45, 7) is 0.211. The van der Waals surface area contributed by atoms with E-state index in [1.54, 1.807) is 22.6 Å². The van der Waals surface area contributed by atoms with Crippen LogP contribution < -0.4 is 10.1 Å². The minimum Gasteiger partial charge on any atom is -0.474 e. The summed E-state index contributed by atoms with van der Waals surface area (Å²) in [5.74, 6) is 0.209. The van der Waals surface area contributed by atoms with Crippen LogP contribution in [0.15, 0.2) is 30.6 Å². The van der Waals surface area contributed by atoms with Crippen molar-refractivity contribution in [3.8, 4) is 5.88 Å². The highest BCUT2D eigenvalue weighted by Gasteiger charge is 2.51. The summed E-state index contributed by atoms with van der Waals surface area (Å²) in [4.78, 5) is 17.8. The average Bonchev–Trinajstić information content (AvgIpc) is 3.67. The Bertz CT molecular complexity index is 1430. The van der Waals surface area contributed by atoms with Crippen molar-refractivity contribution in [2.24, 2.45) is 25.9 Å². The minimum atomic E-state index is -1.02. The van der Waals surface area contributed by atoms with Crippen LogP contribution in [-0.4, -0.2) is 47.7 Å². The Labute approximate surface area is 243 Å². The van der Waals surface area contributed by atoms with Crippen LogP contribution in [0.5, 0.6) is 5.88 Å². The van der Waals surface area contributed by atoms with Gasteiger partial charge in [0.1, 0.15) is 23.7 Å². The monoisotopic (exact) mass is 585 g/mol. The molecule has 1 aromatic carbocycles. The Morgan fingerprint density at radius 1 is 1.15 bits per heavy atom. The van der Waals surface area contributed by atoms with Gasteiger partial charge in [-0.25, -0.2) is 9.37 Å². The van der Waals surface area contributed by atoms with Crippen LogP contribution >= 0.6 is 11.6 Å². The number of ether oxygens (including phenoxy) is 1. The predicted molar refractivity (Wildman–Crippen MR) is 151 cm³/mol. The van der Waals surface area contributed by atoms with Crippen molar-refractivity contribution >= 4 is 23.2 Å². The number of rotatable bonds is 7. The van der Waals surface area contributed by atoms with Gasteiger partial charge in [0.25, 0.3) is 5.91 Å². The number of aryl methyl sites for hydroxylation is 2. The largest absolute Gasteiger partial charge is 0.474 e. The number of halogens is 2. The lowest BCUT2D eigenvalue weighted by Gasteiger charge is -2.31. The fraction of sp³-hybridized carbons (Fsp3) is 0.567. The molecule has 3 fully saturated rings. The third kappa shape index (κ3) is 5.49. The van der Waals surface area contributed by atoms with Crippen LogP contribution in [0.25, 0.3) is 0 Å². The summed E-state index contributed by atoms with van der Waals surface area (Å²) < 4.78 is 22.9. The van der Waals surface area contributed by atoms with Crippen molar-refractivity contribution in [3.05, 3.63) is 58.5 Å². The molecule has 3 N–H and O–H groups in total. The van der Waals surface area contributed by atoms with Crippen molar-refractivity contribution < 1.29 is 24.1 Å². The number of fused-ring (bicyclic) bond motifs is 1. The molecule has 0 aliphatic heterocycles. The first-order valence-electron chi connectivity index (χ1n) is 14.4. The van der Waals surface area contributed by atoms with Crippen molar-refractivity contribution in [1.82, 2.24) is 19.3 Å². The Morgan fingerprint density at radius 3 is 2.54 bits per heavy atom. The number of hydrogen-bond donors (Lipinski definition) is 3. The highest BCUT2D eigenvalue weighted by molar-refractivity contribution is 6.31. The number of aromatic nitrogens is 4.